The van der Waals surface area contributed by atoms with Crippen LogP contribution in [-0.4, -0.2) is 12.0 Å². The highest BCUT2D eigenvalue weighted by molar-refractivity contribution is 5.23. The first-order valence-electron chi connectivity index (χ1n) is 5.42. The Balaban J connectivity index is 2.23. The van der Waals surface area contributed by atoms with Crippen LogP contribution < -0.4 is 5.32 Å². The molecule has 0 fully saturated rings. The van der Waals surface area contributed by atoms with Gasteiger partial charge in [0.15, 0.2) is 0 Å². The molecule has 0 spiro atoms. The van der Waals surface area contributed by atoms with Crippen molar-refractivity contribution in [2.24, 2.45) is 0 Å². The lowest BCUT2D eigenvalue weighted by molar-refractivity contribution is 0.494. The Kier molecular flexibility index (Phi) is 3.37. The van der Waals surface area contributed by atoms with Crippen molar-refractivity contribution in [3.8, 4) is 0 Å². The van der Waals surface area contributed by atoms with E-state index in [0.29, 0.717) is 5.92 Å². The normalized spacial score (nSPS) is 14.6. The van der Waals surface area contributed by atoms with Gasteiger partial charge in [-0.05, 0) is 30.8 Å². The van der Waals surface area contributed by atoms with Crippen molar-refractivity contribution in [2.45, 2.75) is 18.9 Å². The van der Waals surface area contributed by atoms with E-state index in [1.807, 2.05) is 25.5 Å². The molecule has 0 aliphatic carbocycles. The SMILES string of the molecule is CNC(c1ccoc1)C(C)c1ccncc1. The van der Waals surface area contributed by atoms with Crippen LogP contribution in [0.5, 0.6) is 0 Å². The van der Waals surface area contributed by atoms with Crippen molar-refractivity contribution < 1.29 is 4.42 Å². The number of rotatable bonds is 4. The summed E-state index contributed by atoms with van der Waals surface area (Å²) in [5, 5.41) is 3.32. The number of nitrogens with one attached hydrogen (secondary N) is 1. The summed E-state index contributed by atoms with van der Waals surface area (Å²) in [5.74, 6) is 0.380. The van der Waals surface area contributed by atoms with E-state index in [9.17, 15) is 0 Å². The number of nitrogens with zero attached hydrogens (tertiary/aromatic N) is 1. The number of hydrogen-bond donors (Lipinski definition) is 1. The first kappa shape index (κ1) is 10.9. The summed E-state index contributed by atoms with van der Waals surface area (Å²) < 4.78 is 5.13. The fourth-order valence-corrected chi connectivity index (χ4v) is 2.02. The maximum absolute atomic E-state index is 5.13. The van der Waals surface area contributed by atoms with Gasteiger partial charge in [-0.2, -0.15) is 0 Å². The van der Waals surface area contributed by atoms with Crippen LogP contribution in [-0.2, 0) is 0 Å². The molecule has 1 N–H and O–H groups in total. The highest BCUT2D eigenvalue weighted by Gasteiger charge is 2.19. The van der Waals surface area contributed by atoms with Crippen LogP contribution in [0.1, 0.15) is 30.0 Å². The summed E-state index contributed by atoms with van der Waals surface area (Å²) in [7, 11) is 1.97. The van der Waals surface area contributed by atoms with Crippen molar-refractivity contribution in [3.05, 3.63) is 54.2 Å². The van der Waals surface area contributed by atoms with Gasteiger partial charge < -0.3 is 9.73 Å². The molecule has 0 aromatic carbocycles. The van der Waals surface area contributed by atoms with Crippen LogP contribution in [0.2, 0.25) is 0 Å². The molecule has 2 aromatic rings. The zero-order chi connectivity index (χ0) is 11.4. The molecule has 0 aliphatic heterocycles. The van der Waals surface area contributed by atoms with Crippen LogP contribution in [0, 0.1) is 0 Å². The Morgan fingerprint density at radius 1 is 1.19 bits per heavy atom. The number of pyridine rings is 1. The average molecular weight is 216 g/mol. The first-order chi connectivity index (χ1) is 7.83. The molecule has 0 amide bonds. The lowest BCUT2D eigenvalue weighted by Crippen LogP contribution is -2.21. The van der Waals surface area contributed by atoms with Crippen LogP contribution >= 0.6 is 0 Å². The molecule has 84 valence electrons. The van der Waals surface area contributed by atoms with Gasteiger partial charge in [0.2, 0.25) is 0 Å². The second-order valence-electron chi connectivity index (χ2n) is 3.89. The van der Waals surface area contributed by atoms with Crippen molar-refractivity contribution in [1.82, 2.24) is 10.3 Å². The van der Waals surface area contributed by atoms with Crippen molar-refractivity contribution in [2.75, 3.05) is 7.05 Å². The van der Waals surface area contributed by atoms with Crippen molar-refractivity contribution in [1.29, 1.82) is 0 Å². The summed E-state index contributed by atoms with van der Waals surface area (Å²) >= 11 is 0. The maximum Gasteiger partial charge on any atom is 0.0950 e. The Bertz CT molecular complexity index is 411. The smallest absolute Gasteiger partial charge is 0.0950 e. The summed E-state index contributed by atoms with van der Waals surface area (Å²) in [6.07, 6.45) is 7.15. The molecule has 2 atom stereocenters. The highest BCUT2D eigenvalue weighted by atomic mass is 16.3. The second-order valence-corrected chi connectivity index (χ2v) is 3.89. The largest absolute Gasteiger partial charge is 0.472 e. The predicted molar refractivity (Wildman–Crippen MR) is 63.2 cm³/mol. The summed E-state index contributed by atoms with van der Waals surface area (Å²) in [4.78, 5) is 4.04. The van der Waals surface area contributed by atoms with E-state index in [-0.39, 0.29) is 6.04 Å². The summed E-state index contributed by atoms with van der Waals surface area (Å²) in [5.41, 5.74) is 2.45. The zero-order valence-corrected chi connectivity index (χ0v) is 9.55. The molecule has 0 aliphatic rings. The minimum atomic E-state index is 0.265. The number of likely N-dealkylation sites (N-methyl/N-ethyl adjacent to an activating group) is 1. The molecule has 0 bridgehead atoms. The van der Waals surface area contributed by atoms with E-state index in [1.165, 1.54) is 11.1 Å². The molecule has 2 rings (SSSR count). The minimum Gasteiger partial charge on any atom is -0.472 e. The maximum atomic E-state index is 5.13. The van der Waals surface area contributed by atoms with Crippen LogP contribution in [0.4, 0.5) is 0 Å². The Labute approximate surface area is 95.5 Å². The molecule has 0 saturated heterocycles. The molecule has 2 heterocycles. The number of hydrogen-bond acceptors (Lipinski definition) is 3. The van der Waals surface area contributed by atoms with Gasteiger partial charge in [0.05, 0.1) is 12.5 Å². The van der Waals surface area contributed by atoms with Crippen LogP contribution in [0.15, 0.2) is 47.5 Å². The molecular weight excluding hydrogens is 200 g/mol. The standard InChI is InChI=1S/C13H16N2O/c1-10(11-3-6-15-7-4-11)13(14-2)12-5-8-16-9-12/h3-10,13-14H,1-2H3. The van der Waals surface area contributed by atoms with Gasteiger partial charge in [-0.3, -0.25) is 4.98 Å². The van der Waals surface area contributed by atoms with Crippen molar-refractivity contribution in [3.63, 3.8) is 0 Å². The van der Waals surface area contributed by atoms with Gasteiger partial charge in [0.25, 0.3) is 0 Å². The van der Waals surface area contributed by atoms with E-state index in [2.05, 4.69) is 29.4 Å². The van der Waals surface area contributed by atoms with Gasteiger partial charge in [-0.1, -0.05) is 6.92 Å². The van der Waals surface area contributed by atoms with Gasteiger partial charge in [0, 0.05) is 29.9 Å². The third kappa shape index (κ3) is 2.14. The number of aromatic nitrogens is 1. The van der Waals surface area contributed by atoms with Crippen molar-refractivity contribution >= 4 is 0 Å². The fraction of sp³-hybridized carbons (Fsp3) is 0.308. The third-order valence-corrected chi connectivity index (χ3v) is 2.95. The molecular formula is C13H16N2O. The van der Waals surface area contributed by atoms with E-state index >= 15 is 0 Å². The predicted octanol–water partition coefficient (Wildman–Crippen LogP) is 2.74. The Morgan fingerprint density at radius 2 is 1.94 bits per heavy atom. The van der Waals surface area contributed by atoms with Gasteiger partial charge in [0.1, 0.15) is 0 Å². The highest BCUT2D eigenvalue weighted by Crippen LogP contribution is 2.29. The molecule has 3 heteroatoms. The second kappa shape index (κ2) is 4.94. The molecule has 3 nitrogen and oxygen atoms in total. The zero-order valence-electron chi connectivity index (χ0n) is 9.55. The monoisotopic (exact) mass is 216 g/mol. The van der Waals surface area contributed by atoms with E-state index in [0.717, 1.165) is 0 Å². The minimum absolute atomic E-state index is 0.265. The first-order valence-corrected chi connectivity index (χ1v) is 5.42. The Morgan fingerprint density at radius 3 is 2.50 bits per heavy atom. The fourth-order valence-electron chi connectivity index (χ4n) is 2.02. The van der Waals surface area contributed by atoms with Gasteiger partial charge >= 0.3 is 0 Å². The lowest BCUT2D eigenvalue weighted by Gasteiger charge is -2.22. The number of furan rings is 1. The topological polar surface area (TPSA) is 38.1 Å². The molecule has 16 heavy (non-hydrogen) atoms. The molecule has 0 radical (unpaired) electrons. The van der Waals surface area contributed by atoms with E-state index < -0.39 is 0 Å². The molecule has 2 aromatic heterocycles. The Hall–Kier alpha value is -1.61. The molecule has 2 unspecified atom stereocenters. The molecule has 0 saturated carbocycles. The van der Waals surface area contributed by atoms with Crippen LogP contribution in [0.25, 0.3) is 0 Å². The van der Waals surface area contributed by atoms with Gasteiger partial charge in [-0.25, -0.2) is 0 Å². The van der Waals surface area contributed by atoms with Crippen LogP contribution in [0.3, 0.4) is 0 Å². The lowest BCUT2D eigenvalue weighted by atomic mass is 9.90. The quantitative estimate of drug-likeness (QED) is 0.854. The average Bonchev–Trinajstić information content (AvgIpc) is 2.85. The third-order valence-electron chi connectivity index (χ3n) is 2.95. The summed E-state index contributed by atoms with van der Waals surface area (Å²) in [6, 6.07) is 6.37. The van der Waals surface area contributed by atoms with E-state index in [4.69, 9.17) is 4.42 Å². The van der Waals surface area contributed by atoms with Gasteiger partial charge in [-0.15, -0.1) is 0 Å². The summed E-state index contributed by atoms with van der Waals surface area (Å²) in [6.45, 7) is 2.20. The van der Waals surface area contributed by atoms with E-state index in [1.54, 1.807) is 12.5 Å².